The van der Waals surface area contributed by atoms with Crippen LogP contribution in [0.25, 0.3) is 0 Å². The first-order chi connectivity index (χ1) is 6.92. The first-order valence-electron chi connectivity index (χ1n) is 5.00. The molecule has 76 valence electrons. The topological polar surface area (TPSA) is 47.3 Å². The van der Waals surface area contributed by atoms with Crippen LogP contribution in [0.3, 0.4) is 0 Å². The van der Waals surface area contributed by atoms with Crippen LogP contribution in [0.4, 0.5) is 0 Å². The normalized spacial score (nSPS) is 23.6. The van der Waals surface area contributed by atoms with Crippen LogP contribution in [0.15, 0.2) is 30.3 Å². The van der Waals surface area contributed by atoms with E-state index < -0.39 is 0 Å². The third-order valence-electron chi connectivity index (χ3n) is 2.77. The van der Waals surface area contributed by atoms with Crippen molar-refractivity contribution in [2.24, 2.45) is 11.8 Å². The molecule has 1 aliphatic rings. The summed E-state index contributed by atoms with van der Waals surface area (Å²) in [7, 11) is 0. The molecule has 2 atom stereocenters. The van der Waals surface area contributed by atoms with Crippen LogP contribution in [0.1, 0.15) is 18.0 Å². The lowest BCUT2D eigenvalue weighted by molar-refractivity contribution is 0.177. The van der Waals surface area contributed by atoms with Gasteiger partial charge in [-0.2, -0.15) is 0 Å². The summed E-state index contributed by atoms with van der Waals surface area (Å²) in [6.07, 6.45) is 1.09. The molecule has 0 aromatic heterocycles. The molecule has 0 aliphatic carbocycles. The van der Waals surface area contributed by atoms with Crippen LogP contribution < -0.4 is 11.3 Å². The molecule has 0 radical (unpaired) electrons. The van der Waals surface area contributed by atoms with Crippen molar-refractivity contribution >= 4 is 0 Å². The highest BCUT2D eigenvalue weighted by molar-refractivity contribution is 5.19. The van der Waals surface area contributed by atoms with Gasteiger partial charge in [0.15, 0.2) is 0 Å². The van der Waals surface area contributed by atoms with E-state index >= 15 is 0 Å². The Kier molecular flexibility index (Phi) is 3.14. The zero-order valence-corrected chi connectivity index (χ0v) is 8.15. The largest absolute Gasteiger partial charge is 0.381 e. The Balaban J connectivity index is 2.12. The second-order valence-electron chi connectivity index (χ2n) is 3.68. The van der Waals surface area contributed by atoms with E-state index in [1.165, 1.54) is 5.56 Å². The number of benzene rings is 1. The zero-order valence-electron chi connectivity index (χ0n) is 8.15. The summed E-state index contributed by atoms with van der Waals surface area (Å²) >= 11 is 0. The van der Waals surface area contributed by atoms with E-state index in [2.05, 4.69) is 17.6 Å². The van der Waals surface area contributed by atoms with Crippen LogP contribution in [0.5, 0.6) is 0 Å². The lowest BCUT2D eigenvalue weighted by atomic mass is 9.93. The van der Waals surface area contributed by atoms with Gasteiger partial charge < -0.3 is 4.74 Å². The van der Waals surface area contributed by atoms with Crippen molar-refractivity contribution in [3.8, 4) is 0 Å². The van der Waals surface area contributed by atoms with Crippen molar-refractivity contribution in [2.45, 2.75) is 12.5 Å². The van der Waals surface area contributed by atoms with Crippen molar-refractivity contribution in [3.05, 3.63) is 35.9 Å². The fourth-order valence-corrected chi connectivity index (χ4v) is 1.98. The Morgan fingerprint density at radius 3 is 2.71 bits per heavy atom. The van der Waals surface area contributed by atoms with Gasteiger partial charge in [0.05, 0.1) is 12.6 Å². The van der Waals surface area contributed by atoms with E-state index in [9.17, 15) is 0 Å². The molecule has 0 amide bonds. The monoisotopic (exact) mass is 192 g/mol. The summed E-state index contributed by atoms with van der Waals surface area (Å²) in [6.45, 7) is 1.67. The van der Waals surface area contributed by atoms with Crippen LogP contribution >= 0.6 is 0 Å². The Bertz CT molecular complexity index is 270. The van der Waals surface area contributed by atoms with Crippen LogP contribution in [-0.2, 0) is 4.74 Å². The van der Waals surface area contributed by atoms with Gasteiger partial charge in [0.1, 0.15) is 0 Å². The van der Waals surface area contributed by atoms with Gasteiger partial charge in [-0.25, -0.2) is 0 Å². The molecule has 1 aliphatic heterocycles. The number of hydrogen-bond donors (Lipinski definition) is 2. The summed E-state index contributed by atoms with van der Waals surface area (Å²) in [5.41, 5.74) is 4.12. The molecule has 1 aromatic carbocycles. The van der Waals surface area contributed by atoms with Gasteiger partial charge in [-0.15, -0.1) is 0 Å². The Morgan fingerprint density at radius 2 is 2.14 bits per heavy atom. The standard InChI is InChI=1S/C11H16N2O/c12-13-11(10-6-7-14-8-10)9-4-2-1-3-5-9/h1-5,10-11,13H,6-8,12H2. The summed E-state index contributed by atoms with van der Waals surface area (Å²) in [5.74, 6) is 6.08. The van der Waals surface area contributed by atoms with Gasteiger partial charge in [-0.05, 0) is 12.0 Å². The number of nitrogens with one attached hydrogen (secondary N) is 1. The summed E-state index contributed by atoms with van der Waals surface area (Å²) < 4.78 is 5.37. The molecule has 3 nitrogen and oxygen atoms in total. The molecule has 1 fully saturated rings. The maximum absolute atomic E-state index is 5.58. The van der Waals surface area contributed by atoms with Crippen molar-refractivity contribution < 1.29 is 4.74 Å². The Labute approximate surface area is 84.2 Å². The second-order valence-corrected chi connectivity index (χ2v) is 3.68. The second kappa shape index (κ2) is 4.55. The van der Waals surface area contributed by atoms with E-state index in [0.717, 1.165) is 19.6 Å². The highest BCUT2D eigenvalue weighted by atomic mass is 16.5. The van der Waals surface area contributed by atoms with Gasteiger partial charge in [0.25, 0.3) is 0 Å². The highest BCUT2D eigenvalue weighted by Gasteiger charge is 2.25. The van der Waals surface area contributed by atoms with Crippen LogP contribution in [-0.4, -0.2) is 13.2 Å². The van der Waals surface area contributed by atoms with Crippen molar-refractivity contribution in [3.63, 3.8) is 0 Å². The highest BCUT2D eigenvalue weighted by Crippen LogP contribution is 2.27. The summed E-state index contributed by atoms with van der Waals surface area (Å²) in [4.78, 5) is 0. The van der Waals surface area contributed by atoms with E-state index in [-0.39, 0.29) is 6.04 Å². The minimum Gasteiger partial charge on any atom is -0.381 e. The quantitative estimate of drug-likeness (QED) is 0.559. The van der Waals surface area contributed by atoms with E-state index in [0.29, 0.717) is 5.92 Å². The molecule has 1 heterocycles. The van der Waals surface area contributed by atoms with E-state index in [1.807, 2.05) is 18.2 Å². The molecule has 2 rings (SSSR count). The number of nitrogens with two attached hydrogens (primary N) is 1. The molecule has 14 heavy (non-hydrogen) atoms. The van der Waals surface area contributed by atoms with Gasteiger partial charge in [-0.3, -0.25) is 11.3 Å². The lowest BCUT2D eigenvalue weighted by Crippen LogP contribution is -2.33. The first-order valence-corrected chi connectivity index (χ1v) is 5.00. The molecule has 0 bridgehead atoms. The third-order valence-corrected chi connectivity index (χ3v) is 2.77. The first kappa shape index (κ1) is 9.65. The molecule has 3 heteroatoms. The van der Waals surface area contributed by atoms with E-state index in [1.54, 1.807) is 0 Å². The SMILES string of the molecule is NNC(c1ccccc1)C1CCOC1. The number of rotatable bonds is 3. The molecular formula is C11H16N2O. The predicted octanol–water partition coefficient (Wildman–Crippen LogP) is 1.23. The molecule has 2 unspecified atom stereocenters. The zero-order chi connectivity index (χ0) is 9.80. The van der Waals surface area contributed by atoms with Crippen molar-refractivity contribution in [1.29, 1.82) is 0 Å². The minimum absolute atomic E-state index is 0.221. The molecule has 0 saturated carbocycles. The molecule has 1 saturated heterocycles. The fraction of sp³-hybridized carbons (Fsp3) is 0.455. The average molecular weight is 192 g/mol. The molecule has 3 N–H and O–H groups in total. The van der Waals surface area contributed by atoms with Crippen LogP contribution in [0, 0.1) is 5.92 Å². The summed E-state index contributed by atoms with van der Waals surface area (Å²) in [5, 5.41) is 0. The number of ether oxygens (including phenoxy) is 1. The average Bonchev–Trinajstić information content (AvgIpc) is 2.74. The smallest absolute Gasteiger partial charge is 0.0513 e. The van der Waals surface area contributed by atoms with Crippen molar-refractivity contribution in [1.82, 2.24) is 5.43 Å². The maximum Gasteiger partial charge on any atom is 0.0513 e. The third kappa shape index (κ3) is 1.95. The Morgan fingerprint density at radius 1 is 1.36 bits per heavy atom. The summed E-state index contributed by atoms with van der Waals surface area (Å²) in [6, 6.07) is 10.5. The van der Waals surface area contributed by atoms with Crippen molar-refractivity contribution in [2.75, 3.05) is 13.2 Å². The number of hydrazine groups is 1. The number of hydrogen-bond acceptors (Lipinski definition) is 3. The molecule has 1 aromatic rings. The van der Waals surface area contributed by atoms with Gasteiger partial charge in [0.2, 0.25) is 0 Å². The van der Waals surface area contributed by atoms with Gasteiger partial charge in [0, 0.05) is 12.5 Å². The maximum atomic E-state index is 5.58. The fourth-order valence-electron chi connectivity index (χ4n) is 1.98. The van der Waals surface area contributed by atoms with Gasteiger partial charge in [-0.1, -0.05) is 30.3 Å². The van der Waals surface area contributed by atoms with Crippen LogP contribution in [0.2, 0.25) is 0 Å². The minimum atomic E-state index is 0.221. The Hall–Kier alpha value is -0.900. The lowest BCUT2D eigenvalue weighted by Gasteiger charge is -2.21. The van der Waals surface area contributed by atoms with E-state index in [4.69, 9.17) is 10.6 Å². The predicted molar refractivity (Wildman–Crippen MR) is 55.4 cm³/mol. The molecule has 0 spiro atoms. The molecular weight excluding hydrogens is 176 g/mol. The van der Waals surface area contributed by atoms with Gasteiger partial charge >= 0.3 is 0 Å².